The molecule has 0 aliphatic rings. The molecule has 0 heterocycles. The lowest BCUT2D eigenvalue weighted by Gasteiger charge is -2.17. The quantitative estimate of drug-likeness (QED) is 0.833. The average molecular weight is 284 g/mol. The summed E-state index contributed by atoms with van der Waals surface area (Å²) in [5, 5.41) is 2.60. The van der Waals surface area contributed by atoms with E-state index >= 15 is 0 Å². The van der Waals surface area contributed by atoms with E-state index in [1.54, 1.807) is 6.92 Å². The fourth-order valence-corrected chi connectivity index (χ4v) is 1.58. The molecule has 0 saturated carbocycles. The van der Waals surface area contributed by atoms with Gasteiger partial charge in [-0.3, -0.25) is 4.79 Å². The van der Waals surface area contributed by atoms with Crippen molar-refractivity contribution in [3.63, 3.8) is 0 Å². The molecule has 1 aromatic rings. The van der Waals surface area contributed by atoms with E-state index in [0.29, 0.717) is 5.56 Å². The maximum Gasteiger partial charge on any atom is 0.416 e. The van der Waals surface area contributed by atoms with Crippen LogP contribution in [0.1, 0.15) is 30.5 Å². The van der Waals surface area contributed by atoms with Gasteiger partial charge in [0, 0.05) is 6.42 Å². The van der Waals surface area contributed by atoms with Gasteiger partial charge in [-0.05, 0) is 24.6 Å². The number of halogens is 3. The number of rotatable bonds is 4. The molecule has 0 aromatic heterocycles. The Kier molecular flexibility index (Phi) is 5.17. The minimum Gasteiger partial charge on any atom is -0.348 e. The number of nitrogens with two attached hydrogens (primary N) is 1. The van der Waals surface area contributed by atoms with Crippen molar-refractivity contribution in [1.29, 1.82) is 0 Å². The highest BCUT2D eigenvalue weighted by Gasteiger charge is 2.30. The van der Waals surface area contributed by atoms with Crippen molar-refractivity contribution in [3.05, 3.63) is 35.4 Å². The van der Waals surface area contributed by atoms with Crippen LogP contribution >= 0.6 is 0 Å². The van der Waals surface area contributed by atoms with Crippen molar-refractivity contribution in [2.24, 2.45) is 5.73 Å². The molecule has 1 rings (SSSR count). The maximum atomic E-state index is 12.4. The van der Waals surface area contributed by atoms with Gasteiger partial charge >= 0.3 is 6.18 Å². The van der Waals surface area contributed by atoms with Gasteiger partial charge in [-0.25, -0.2) is 0 Å². The predicted octanol–water partition coefficient (Wildman–Crippen LogP) is 2.23. The molecule has 6 heteroatoms. The van der Waals surface area contributed by atoms with Gasteiger partial charge in [-0.2, -0.15) is 13.2 Å². The molecule has 3 nitrogen and oxygen atoms in total. The van der Waals surface area contributed by atoms with Gasteiger partial charge in [0.1, 0.15) is 0 Å². The lowest BCUT2D eigenvalue weighted by atomic mass is 10.1. The number of benzene rings is 1. The molecule has 0 spiro atoms. The molecule has 3 N–H and O–H groups in total. The Hall–Kier alpha value is -2.00. The van der Waals surface area contributed by atoms with E-state index in [4.69, 9.17) is 12.2 Å². The van der Waals surface area contributed by atoms with Crippen molar-refractivity contribution in [1.82, 2.24) is 5.32 Å². The minimum absolute atomic E-state index is 0.103. The summed E-state index contributed by atoms with van der Waals surface area (Å²) in [5.74, 6) is 1.84. The number of hydrogen-bond donors (Lipinski definition) is 2. The zero-order valence-corrected chi connectivity index (χ0v) is 10.9. The summed E-state index contributed by atoms with van der Waals surface area (Å²) in [6.07, 6.45) is 0.778. The second-order valence-electron chi connectivity index (χ2n) is 4.36. The van der Waals surface area contributed by atoms with Gasteiger partial charge in [-0.15, -0.1) is 12.3 Å². The summed E-state index contributed by atoms with van der Waals surface area (Å²) >= 11 is 0. The van der Waals surface area contributed by atoms with Crippen LogP contribution in [0, 0.1) is 12.3 Å². The van der Waals surface area contributed by atoms with Crippen LogP contribution < -0.4 is 11.1 Å². The average Bonchev–Trinajstić information content (AvgIpc) is 2.38. The normalized spacial score (nSPS) is 14.2. The van der Waals surface area contributed by atoms with Crippen LogP contribution in [0.3, 0.4) is 0 Å². The number of hydrogen-bond acceptors (Lipinski definition) is 2. The van der Waals surface area contributed by atoms with Crippen LogP contribution in [0.25, 0.3) is 0 Å². The van der Waals surface area contributed by atoms with Gasteiger partial charge in [-0.1, -0.05) is 12.1 Å². The second kappa shape index (κ2) is 6.44. The number of amides is 1. The van der Waals surface area contributed by atoms with Crippen LogP contribution in [0.2, 0.25) is 0 Å². The lowest BCUT2D eigenvalue weighted by molar-refractivity contribution is -0.137. The highest BCUT2D eigenvalue weighted by molar-refractivity contribution is 5.82. The van der Waals surface area contributed by atoms with Crippen LogP contribution in [0.5, 0.6) is 0 Å². The van der Waals surface area contributed by atoms with Crippen molar-refractivity contribution < 1.29 is 18.0 Å². The maximum absolute atomic E-state index is 12.4. The first-order valence-corrected chi connectivity index (χ1v) is 5.92. The van der Waals surface area contributed by atoms with Gasteiger partial charge < -0.3 is 11.1 Å². The molecule has 1 aromatic carbocycles. The van der Waals surface area contributed by atoms with Crippen LogP contribution in [-0.2, 0) is 11.0 Å². The molecule has 0 aliphatic carbocycles. The van der Waals surface area contributed by atoms with Crippen LogP contribution in [0.4, 0.5) is 13.2 Å². The number of nitrogens with one attached hydrogen (secondary N) is 1. The molecular formula is C14H15F3N2O. The third kappa shape index (κ3) is 4.28. The van der Waals surface area contributed by atoms with E-state index in [-0.39, 0.29) is 6.42 Å². The van der Waals surface area contributed by atoms with Gasteiger partial charge in [0.25, 0.3) is 0 Å². The van der Waals surface area contributed by atoms with Crippen molar-refractivity contribution >= 4 is 5.91 Å². The van der Waals surface area contributed by atoms with Crippen LogP contribution in [-0.4, -0.2) is 11.9 Å². The molecule has 108 valence electrons. The summed E-state index contributed by atoms with van der Waals surface area (Å²) in [4.78, 5) is 11.6. The van der Waals surface area contributed by atoms with E-state index in [9.17, 15) is 18.0 Å². The number of alkyl halides is 3. The molecule has 0 aliphatic heterocycles. The van der Waals surface area contributed by atoms with E-state index in [0.717, 1.165) is 12.1 Å². The summed E-state index contributed by atoms with van der Waals surface area (Å²) < 4.78 is 37.2. The van der Waals surface area contributed by atoms with E-state index in [1.807, 2.05) is 0 Å². The minimum atomic E-state index is -4.37. The first-order valence-electron chi connectivity index (χ1n) is 5.92. The van der Waals surface area contributed by atoms with E-state index in [2.05, 4.69) is 11.2 Å². The molecular weight excluding hydrogens is 269 g/mol. The standard InChI is InChI=1S/C14H15F3N2O/c1-3-4-12(18)13(20)19-9(2)10-5-7-11(8-6-10)14(15,16)17/h1,5-9,12H,4,18H2,2H3,(H,19,20). The largest absolute Gasteiger partial charge is 0.416 e. The van der Waals surface area contributed by atoms with Crippen LogP contribution in [0.15, 0.2) is 24.3 Å². The third-order valence-corrected chi connectivity index (χ3v) is 2.77. The van der Waals surface area contributed by atoms with E-state index < -0.39 is 29.7 Å². The van der Waals surface area contributed by atoms with Crippen molar-refractivity contribution in [2.75, 3.05) is 0 Å². The second-order valence-corrected chi connectivity index (χ2v) is 4.36. The highest BCUT2D eigenvalue weighted by Crippen LogP contribution is 2.29. The van der Waals surface area contributed by atoms with E-state index in [1.165, 1.54) is 12.1 Å². The Morgan fingerprint density at radius 2 is 1.95 bits per heavy atom. The Bertz CT molecular complexity index is 503. The Morgan fingerprint density at radius 3 is 2.40 bits per heavy atom. The molecule has 0 fully saturated rings. The third-order valence-electron chi connectivity index (χ3n) is 2.77. The number of carbonyl (C=O) groups excluding carboxylic acids is 1. The monoisotopic (exact) mass is 284 g/mol. The molecule has 0 radical (unpaired) electrons. The SMILES string of the molecule is C#CCC(N)C(=O)NC(C)c1ccc(C(F)(F)F)cc1. The smallest absolute Gasteiger partial charge is 0.348 e. The fourth-order valence-electron chi connectivity index (χ4n) is 1.58. The van der Waals surface area contributed by atoms with Crippen molar-refractivity contribution in [3.8, 4) is 12.3 Å². The summed E-state index contributed by atoms with van der Waals surface area (Å²) in [7, 11) is 0. The Labute approximate surface area is 115 Å². The number of terminal acetylenes is 1. The first kappa shape index (κ1) is 16.1. The van der Waals surface area contributed by atoms with Gasteiger partial charge in [0.15, 0.2) is 0 Å². The van der Waals surface area contributed by atoms with Gasteiger partial charge in [0.05, 0.1) is 17.6 Å². The topological polar surface area (TPSA) is 55.1 Å². The molecule has 2 unspecified atom stereocenters. The summed E-state index contributed by atoms with van der Waals surface area (Å²) in [6.45, 7) is 1.66. The zero-order chi connectivity index (χ0) is 15.3. The number of carbonyl (C=O) groups is 1. The molecule has 20 heavy (non-hydrogen) atoms. The zero-order valence-electron chi connectivity index (χ0n) is 10.9. The summed E-state index contributed by atoms with van der Waals surface area (Å²) in [5.41, 5.74) is 5.35. The summed E-state index contributed by atoms with van der Waals surface area (Å²) in [6, 6.07) is 3.31. The van der Waals surface area contributed by atoms with Gasteiger partial charge in [0.2, 0.25) is 5.91 Å². The molecule has 1 amide bonds. The predicted molar refractivity (Wildman–Crippen MR) is 69.4 cm³/mol. The Balaban J connectivity index is 2.71. The lowest BCUT2D eigenvalue weighted by Crippen LogP contribution is -2.41. The molecule has 2 atom stereocenters. The van der Waals surface area contributed by atoms with Crippen molar-refractivity contribution in [2.45, 2.75) is 31.6 Å². The Morgan fingerprint density at radius 1 is 1.40 bits per heavy atom. The molecule has 0 bridgehead atoms. The fraction of sp³-hybridized carbons (Fsp3) is 0.357. The first-order chi connectivity index (χ1) is 9.25. The molecule has 0 saturated heterocycles. The highest BCUT2D eigenvalue weighted by atomic mass is 19.4.